The van der Waals surface area contributed by atoms with Crippen LogP contribution in [0.5, 0.6) is 11.6 Å². The topological polar surface area (TPSA) is 102 Å². The number of Topliss-reactive ketones (excluding diaryl/α,β-unsaturated/α-hetero) is 1. The van der Waals surface area contributed by atoms with E-state index in [-0.39, 0.29) is 12.2 Å². The number of hydrogen-bond acceptors (Lipinski definition) is 6. The molecular formula is C24H22BrN3O4. The van der Waals surface area contributed by atoms with Crippen molar-refractivity contribution >= 4 is 44.2 Å². The molecule has 2 heterocycles. The Morgan fingerprint density at radius 1 is 1.28 bits per heavy atom. The molecule has 1 aromatic carbocycles. The molecule has 0 aliphatic heterocycles. The van der Waals surface area contributed by atoms with E-state index in [1.54, 1.807) is 38.4 Å². The fraction of sp³-hybridized carbons (Fsp3) is 0.292. The molecular weight excluding hydrogens is 474 g/mol. The summed E-state index contributed by atoms with van der Waals surface area (Å²) in [5.41, 5.74) is 1.47. The number of carbonyl (C=O) groups is 2. The molecule has 4 rings (SSSR count). The normalized spacial score (nSPS) is 19.6. The molecule has 1 aliphatic carbocycles. The van der Waals surface area contributed by atoms with Gasteiger partial charge < -0.3 is 9.84 Å². The number of nitrogens with zero attached hydrogens (tertiary/aromatic N) is 3. The van der Waals surface area contributed by atoms with E-state index in [0.29, 0.717) is 17.3 Å². The minimum absolute atomic E-state index is 0.00868. The van der Waals surface area contributed by atoms with E-state index < -0.39 is 22.3 Å². The summed E-state index contributed by atoms with van der Waals surface area (Å²) in [6.45, 7) is 5.42. The van der Waals surface area contributed by atoms with E-state index in [4.69, 9.17) is 4.74 Å². The van der Waals surface area contributed by atoms with Crippen molar-refractivity contribution in [2.45, 2.75) is 38.1 Å². The second-order valence-electron chi connectivity index (χ2n) is 8.34. The summed E-state index contributed by atoms with van der Waals surface area (Å²) >= 11 is 3.29. The van der Waals surface area contributed by atoms with Crippen LogP contribution in [-0.4, -0.2) is 43.4 Å². The van der Waals surface area contributed by atoms with Gasteiger partial charge in [-0.25, -0.2) is 9.78 Å². The first-order chi connectivity index (χ1) is 15.2. The Kier molecular flexibility index (Phi) is 5.81. The van der Waals surface area contributed by atoms with Crippen molar-refractivity contribution in [2.24, 2.45) is 10.4 Å². The maximum atomic E-state index is 12.0. The van der Waals surface area contributed by atoms with E-state index >= 15 is 0 Å². The minimum Gasteiger partial charge on any atom is -0.480 e. The van der Waals surface area contributed by atoms with Crippen molar-refractivity contribution in [2.75, 3.05) is 0 Å². The summed E-state index contributed by atoms with van der Waals surface area (Å²) in [7, 11) is 0. The predicted octanol–water partition coefficient (Wildman–Crippen LogP) is 4.54. The minimum atomic E-state index is -1.03. The van der Waals surface area contributed by atoms with Crippen molar-refractivity contribution in [3.63, 3.8) is 0 Å². The lowest BCUT2D eigenvalue weighted by Crippen LogP contribution is -2.57. The molecule has 7 nitrogen and oxygen atoms in total. The van der Waals surface area contributed by atoms with Crippen LogP contribution in [0.15, 0.2) is 53.8 Å². The number of fused-ring (bicyclic) bond motifs is 1. The number of pyridine rings is 2. The lowest BCUT2D eigenvalue weighted by Gasteiger charge is -2.40. The summed E-state index contributed by atoms with van der Waals surface area (Å²) < 4.78 is 5.99. The monoisotopic (exact) mass is 495 g/mol. The number of rotatable bonds is 6. The number of carbonyl (C=O) groups excluding carboxylic acids is 1. The highest BCUT2D eigenvalue weighted by Crippen LogP contribution is 2.38. The van der Waals surface area contributed by atoms with Gasteiger partial charge in [0.2, 0.25) is 5.88 Å². The van der Waals surface area contributed by atoms with Crippen LogP contribution < -0.4 is 4.74 Å². The van der Waals surface area contributed by atoms with Gasteiger partial charge >= 0.3 is 5.97 Å². The van der Waals surface area contributed by atoms with Crippen LogP contribution in [0.25, 0.3) is 10.8 Å². The second-order valence-corrected chi connectivity index (χ2v) is 9.25. The first-order valence-electron chi connectivity index (χ1n) is 10.1. The zero-order valence-electron chi connectivity index (χ0n) is 17.9. The van der Waals surface area contributed by atoms with Crippen LogP contribution in [0.1, 0.15) is 25.1 Å². The van der Waals surface area contributed by atoms with Crippen molar-refractivity contribution in [1.29, 1.82) is 0 Å². The van der Waals surface area contributed by atoms with Gasteiger partial charge in [-0.15, -0.1) is 0 Å². The molecule has 0 saturated heterocycles. The molecule has 0 spiro atoms. The zero-order chi connectivity index (χ0) is 23.0. The Labute approximate surface area is 193 Å². The van der Waals surface area contributed by atoms with E-state index in [0.717, 1.165) is 22.0 Å². The highest BCUT2D eigenvalue weighted by Gasteiger charge is 2.52. The number of hydrogen-bond donors (Lipinski definition) is 1. The second kappa shape index (κ2) is 8.43. The third-order valence-electron chi connectivity index (χ3n) is 5.60. The number of alkyl halides is 1. The smallest absolute Gasteiger partial charge is 0.328 e. The summed E-state index contributed by atoms with van der Waals surface area (Å²) in [6, 6.07) is 10.1. The molecule has 1 unspecified atom stereocenters. The third kappa shape index (κ3) is 4.14. The first-order valence-corrected chi connectivity index (χ1v) is 11.1. The lowest BCUT2D eigenvalue weighted by molar-refractivity contribution is -0.138. The molecule has 1 aliphatic rings. The highest BCUT2D eigenvalue weighted by atomic mass is 79.9. The number of benzene rings is 1. The fourth-order valence-electron chi connectivity index (χ4n) is 3.68. The Morgan fingerprint density at radius 3 is 2.66 bits per heavy atom. The number of halogens is 1. The maximum absolute atomic E-state index is 12.0. The SMILES string of the molecule is Cc1cc2ccncc2c(Oc2ccc(C[C@H](N=C3C(Br)C(=O)C3(C)C)C(=O)O)cc2)n1. The van der Waals surface area contributed by atoms with Gasteiger partial charge in [0, 0.05) is 30.2 Å². The van der Waals surface area contributed by atoms with Gasteiger partial charge in [0.1, 0.15) is 10.6 Å². The number of aryl methyl sites for hydroxylation is 1. The number of aromatic nitrogens is 2. The quantitative estimate of drug-likeness (QED) is 0.503. The number of ketones is 1. The van der Waals surface area contributed by atoms with Crippen LogP contribution in [0.3, 0.4) is 0 Å². The van der Waals surface area contributed by atoms with Crippen LogP contribution in [-0.2, 0) is 16.0 Å². The van der Waals surface area contributed by atoms with Crippen LogP contribution in [0, 0.1) is 12.3 Å². The molecule has 0 radical (unpaired) electrons. The van der Waals surface area contributed by atoms with Crippen LogP contribution >= 0.6 is 15.9 Å². The number of aliphatic imine (C=N–C) groups is 1. The molecule has 8 heteroatoms. The van der Waals surface area contributed by atoms with Gasteiger partial charge in [-0.05, 0) is 56.0 Å². The zero-order valence-corrected chi connectivity index (χ0v) is 19.5. The standard InChI is InChI=1S/C24H22BrN3O4/c1-13-10-15-8-9-26-12-17(15)22(27-13)32-16-6-4-14(5-7-16)11-18(23(30)31)28-20-19(25)21(29)24(20,2)3/h4-10,12,18-19H,11H2,1-3H3,(H,30,31)/t18-,19?/m0/s1. The maximum Gasteiger partial charge on any atom is 0.328 e. The van der Waals surface area contributed by atoms with Gasteiger partial charge in [-0.2, -0.15) is 0 Å². The Bertz CT molecular complexity index is 1240. The Balaban J connectivity index is 1.53. The van der Waals surface area contributed by atoms with E-state index in [2.05, 4.69) is 30.9 Å². The molecule has 164 valence electrons. The molecule has 32 heavy (non-hydrogen) atoms. The molecule has 1 saturated carbocycles. The lowest BCUT2D eigenvalue weighted by atomic mass is 9.68. The van der Waals surface area contributed by atoms with Crippen LogP contribution in [0.4, 0.5) is 0 Å². The van der Waals surface area contributed by atoms with Gasteiger partial charge in [0.15, 0.2) is 11.8 Å². The van der Waals surface area contributed by atoms with Crippen molar-refractivity contribution < 1.29 is 19.4 Å². The fourth-order valence-corrected chi connectivity index (χ4v) is 4.95. The Hall–Kier alpha value is -3.13. The average molecular weight is 496 g/mol. The molecule has 0 bridgehead atoms. The highest BCUT2D eigenvalue weighted by molar-refractivity contribution is 9.10. The molecule has 1 N–H and O–H groups in total. The first kappa shape index (κ1) is 22.1. The number of carboxylic acids is 1. The van der Waals surface area contributed by atoms with Crippen molar-refractivity contribution in [3.8, 4) is 11.6 Å². The predicted molar refractivity (Wildman–Crippen MR) is 125 cm³/mol. The van der Waals surface area contributed by atoms with Gasteiger partial charge in [0.25, 0.3) is 0 Å². The molecule has 0 amide bonds. The summed E-state index contributed by atoms with van der Waals surface area (Å²) in [5, 5.41) is 11.5. The van der Waals surface area contributed by atoms with Crippen molar-refractivity contribution in [3.05, 3.63) is 60.0 Å². The number of aliphatic carboxylic acids is 1. The van der Waals surface area contributed by atoms with E-state index in [1.807, 2.05) is 31.2 Å². The number of ether oxygens (including phenoxy) is 1. The summed E-state index contributed by atoms with van der Waals surface area (Å²) in [4.78, 5) is 36.3. The molecule has 2 atom stereocenters. The molecule has 2 aromatic heterocycles. The van der Waals surface area contributed by atoms with Gasteiger partial charge in [-0.3, -0.25) is 14.8 Å². The Morgan fingerprint density at radius 2 is 2.00 bits per heavy atom. The summed E-state index contributed by atoms with van der Waals surface area (Å²) in [5.74, 6) is 0.0299. The summed E-state index contributed by atoms with van der Waals surface area (Å²) in [6.07, 6.45) is 3.64. The largest absolute Gasteiger partial charge is 0.480 e. The van der Waals surface area contributed by atoms with Crippen LogP contribution in [0.2, 0.25) is 0 Å². The van der Waals surface area contributed by atoms with E-state index in [1.165, 1.54) is 0 Å². The number of carboxylic acid groups (broad SMARTS) is 1. The van der Waals surface area contributed by atoms with Gasteiger partial charge in [0.05, 0.1) is 10.8 Å². The van der Waals surface area contributed by atoms with Gasteiger partial charge in [-0.1, -0.05) is 28.1 Å². The molecule has 1 fully saturated rings. The van der Waals surface area contributed by atoms with E-state index in [9.17, 15) is 14.7 Å². The van der Waals surface area contributed by atoms with Crippen molar-refractivity contribution in [1.82, 2.24) is 9.97 Å². The molecule has 3 aromatic rings. The third-order valence-corrected chi connectivity index (χ3v) is 6.45. The average Bonchev–Trinajstić information content (AvgIpc) is 2.76.